The predicted octanol–water partition coefficient (Wildman–Crippen LogP) is 1.55. The van der Waals surface area contributed by atoms with E-state index in [1.54, 1.807) is 0 Å². The van der Waals surface area contributed by atoms with Crippen LogP contribution in [0.25, 0.3) is 0 Å². The van der Waals surface area contributed by atoms with Gasteiger partial charge in [0.25, 0.3) is 0 Å². The van der Waals surface area contributed by atoms with E-state index >= 15 is 0 Å². The monoisotopic (exact) mass is 291 g/mol. The minimum atomic E-state index is -0.336. The minimum absolute atomic E-state index is 0.325. The lowest BCUT2D eigenvalue weighted by Gasteiger charge is -2.32. The fraction of sp³-hybridized carbons (Fsp3) is 0.562. The highest BCUT2D eigenvalue weighted by Crippen LogP contribution is 2.01. The third-order valence-corrected chi connectivity index (χ3v) is 3.73. The molecule has 1 heterocycles. The fourth-order valence-corrected chi connectivity index (χ4v) is 2.34. The van der Waals surface area contributed by atoms with Crippen molar-refractivity contribution < 1.29 is 9.53 Å². The molecule has 0 radical (unpaired) electrons. The number of nitrogens with one attached hydrogen (secondary N) is 1. The first kappa shape index (κ1) is 15.8. The maximum absolute atomic E-state index is 11.6. The molecule has 0 aliphatic carbocycles. The first-order valence-electron chi connectivity index (χ1n) is 7.59. The summed E-state index contributed by atoms with van der Waals surface area (Å²) in [6.45, 7) is 6.53. The van der Waals surface area contributed by atoms with Crippen LogP contribution in [-0.4, -0.2) is 62.2 Å². The molecule has 0 bridgehead atoms. The summed E-state index contributed by atoms with van der Waals surface area (Å²) in [6, 6.07) is 9.71. The third-order valence-electron chi connectivity index (χ3n) is 3.73. The van der Waals surface area contributed by atoms with Crippen molar-refractivity contribution in [2.24, 2.45) is 0 Å². The molecule has 1 fully saturated rings. The van der Waals surface area contributed by atoms with E-state index in [4.69, 9.17) is 4.74 Å². The molecule has 5 heteroatoms. The van der Waals surface area contributed by atoms with Crippen LogP contribution in [0.15, 0.2) is 30.3 Å². The van der Waals surface area contributed by atoms with E-state index in [0.717, 1.165) is 44.7 Å². The van der Waals surface area contributed by atoms with E-state index in [1.807, 2.05) is 30.3 Å². The lowest BCUT2D eigenvalue weighted by Crippen LogP contribution is -2.45. The molecule has 1 aromatic rings. The number of hydrogen-bond donors (Lipinski definition) is 1. The number of ether oxygens (including phenoxy) is 1. The summed E-state index contributed by atoms with van der Waals surface area (Å²) in [7, 11) is 2.15. The Bertz CT molecular complexity index is 417. The summed E-state index contributed by atoms with van der Waals surface area (Å²) in [6.07, 6.45) is 0.627. The van der Waals surface area contributed by atoms with Crippen LogP contribution in [0.4, 0.5) is 4.79 Å². The molecular weight excluding hydrogens is 266 g/mol. The molecule has 1 aliphatic rings. The van der Waals surface area contributed by atoms with Crippen molar-refractivity contribution >= 4 is 6.09 Å². The first-order chi connectivity index (χ1) is 10.2. The van der Waals surface area contributed by atoms with Crippen LogP contribution in [0, 0.1) is 0 Å². The van der Waals surface area contributed by atoms with E-state index in [1.165, 1.54) is 0 Å². The second-order valence-corrected chi connectivity index (χ2v) is 5.49. The van der Waals surface area contributed by atoms with Gasteiger partial charge in [0.1, 0.15) is 6.61 Å². The molecule has 1 amide bonds. The number of hydrogen-bond acceptors (Lipinski definition) is 4. The normalized spacial score (nSPS) is 16.6. The number of nitrogens with zero attached hydrogens (tertiary/aromatic N) is 2. The molecule has 5 nitrogen and oxygen atoms in total. The number of rotatable bonds is 6. The zero-order chi connectivity index (χ0) is 14.9. The van der Waals surface area contributed by atoms with E-state index < -0.39 is 0 Å². The number of likely N-dealkylation sites (N-methyl/N-ethyl adjacent to an activating group) is 1. The summed E-state index contributed by atoms with van der Waals surface area (Å²) < 4.78 is 5.16. The fourth-order valence-electron chi connectivity index (χ4n) is 2.34. The molecule has 1 aliphatic heterocycles. The minimum Gasteiger partial charge on any atom is -0.445 e. The van der Waals surface area contributed by atoms with Crippen LogP contribution in [0.5, 0.6) is 0 Å². The third kappa shape index (κ3) is 6.14. The van der Waals surface area contributed by atoms with Gasteiger partial charge in [-0.15, -0.1) is 0 Å². The number of benzene rings is 1. The molecule has 0 atom stereocenters. The largest absolute Gasteiger partial charge is 0.445 e. The average Bonchev–Trinajstić information content (AvgIpc) is 2.52. The number of alkyl carbamates (subject to hydrolysis) is 1. The van der Waals surface area contributed by atoms with Crippen LogP contribution in [0.3, 0.4) is 0 Å². The Hall–Kier alpha value is -1.59. The van der Waals surface area contributed by atoms with E-state index in [9.17, 15) is 4.79 Å². The number of amides is 1. The summed E-state index contributed by atoms with van der Waals surface area (Å²) in [5, 5.41) is 2.80. The maximum atomic E-state index is 11.6. The second-order valence-electron chi connectivity index (χ2n) is 5.49. The standard InChI is InChI=1S/C16H25N3O2/c1-18-10-12-19(13-11-18)9-5-8-17-16(20)21-14-15-6-3-2-4-7-15/h2-4,6-7H,5,8-14H2,1H3,(H,17,20). The quantitative estimate of drug-likeness (QED) is 0.808. The van der Waals surface area contributed by atoms with Crippen molar-refractivity contribution in [3.8, 4) is 0 Å². The van der Waals surface area contributed by atoms with Crippen LogP contribution in [-0.2, 0) is 11.3 Å². The molecule has 1 saturated heterocycles. The van der Waals surface area contributed by atoms with Gasteiger partial charge >= 0.3 is 6.09 Å². The van der Waals surface area contributed by atoms with Crippen molar-refractivity contribution in [2.45, 2.75) is 13.0 Å². The molecule has 116 valence electrons. The average molecular weight is 291 g/mol. The van der Waals surface area contributed by atoms with Gasteiger partial charge in [0.05, 0.1) is 0 Å². The van der Waals surface area contributed by atoms with Gasteiger partial charge < -0.3 is 19.9 Å². The van der Waals surface area contributed by atoms with Crippen LogP contribution in [0.1, 0.15) is 12.0 Å². The van der Waals surface area contributed by atoms with Crippen LogP contribution < -0.4 is 5.32 Å². The lowest BCUT2D eigenvalue weighted by molar-refractivity contribution is 0.136. The van der Waals surface area contributed by atoms with Gasteiger partial charge in [-0.25, -0.2) is 4.79 Å². The number of carbonyl (C=O) groups excluding carboxylic acids is 1. The van der Waals surface area contributed by atoms with Crippen molar-refractivity contribution in [3.05, 3.63) is 35.9 Å². The molecular formula is C16H25N3O2. The van der Waals surface area contributed by atoms with Crippen molar-refractivity contribution in [1.82, 2.24) is 15.1 Å². The summed E-state index contributed by atoms with van der Waals surface area (Å²) in [5.41, 5.74) is 1.00. The predicted molar refractivity (Wildman–Crippen MR) is 83.2 cm³/mol. The highest BCUT2D eigenvalue weighted by Gasteiger charge is 2.12. The Morgan fingerprint density at radius 3 is 2.62 bits per heavy atom. The Labute approximate surface area is 126 Å². The van der Waals surface area contributed by atoms with Gasteiger partial charge in [-0.05, 0) is 25.6 Å². The van der Waals surface area contributed by atoms with Gasteiger partial charge in [0, 0.05) is 32.7 Å². The molecule has 1 aromatic carbocycles. The van der Waals surface area contributed by atoms with Crippen molar-refractivity contribution in [1.29, 1.82) is 0 Å². The highest BCUT2D eigenvalue weighted by atomic mass is 16.5. The van der Waals surface area contributed by atoms with Gasteiger partial charge in [0.2, 0.25) is 0 Å². The van der Waals surface area contributed by atoms with Crippen LogP contribution >= 0.6 is 0 Å². The Morgan fingerprint density at radius 2 is 1.90 bits per heavy atom. The van der Waals surface area contributed by atoms with Crippen molar-refractivity contribution in [2.75, 3.05) is 46.3 Å². The summed E-state index contributed by atoms with van der Waals surface area (Å²) in [4.78, 5) is 16.3. The van der Waals surface area contributed by atoms with E-state index in [0.29, 0.717) is 13.2 Å². The smallest absolute Gasteiger partial charge is 0.407 e. The van der Waals surface area contributed by atoms with Gasteiger partial charge in [0.15, 0.2) is 0 Å². The summed E-state index contributed by atoms with van der Waals surface area (Å²) >= 11 is 0. The topological polar surface area (TPSA) is 44.8 Å². The lowest BCUT2D eigenvalue weighted by atomic mass is 10.2. The molecule has 21 heavy (non-hydrogen) atoms. The molecule has 0 saturated carbocycles. The molecule has 0 unspecified atom stereocenters. The highest BCUT2D eigenvalue weighted by molar-refractivity contribution is 5.67. The molecule has 1 N–H and O–H groups in total. The Kier molecular flexibility index (Phi) is 6.50. The van der Waals surface area contributed by atoms with Crippen molar-refractivity contribution in [3.63, 3.8) is 0 Å². The second kappa shape index (κ2) is 8.64. The van der Waals surface area contributed by atoms with Crippen LogP contribution in [0.2, 0.25) is 0 Å². The molecule has 0 aromatic heterocycles. The molecule has 0 spiro atoms. The summed E-state index contributed by atoms with van der Waals surface area (Å²) in [5.74, 6) is 0. The SMILES string of the molecule is CN1CCN(CCCNC(=O)OCc2ccccc2)CC1. The van der Waals surface area contributed by atoms with Gasteiger partial charge in [-0.1, -0.05) is 30.3 Å². The number of carbonyl (C=O) groups is 1. The zero-order valence-corrected chi connectivity index (χ0v) is 12.8. The number of piperazine rings is 1. The van der Waals surface area contributed by atoms with E-state index in [2.05, 4.69) is 22.2 Å². The van der Waals surface area contributed by atoms with E-state index in [-0.39, 0.29) is 6.09 Å². The van der Waals surface area contributed by atoms with Gasteiger partial charge in [-0.2, -0.15) is 0 Å². The Balaban J connectivity index is 1.51. The first-order valence-corrected chi connectivity index (χ1v) is 7.59. The Morgan fingerprint density at radius 1 is 1.19 bits per heavy atom. The van der Waals surface area contributed by atoms with Gasteiger partial charge in [-0.3, -0.25) is 0 Å². The molecule has 2 rings (SSSR count). The maximum Gasteiger partial charge on any atom is 0.407 e. The zero-order valence-electron chi connectivity index (χ0n) is 12.8.